The fourth-order valence-electron chi connectivity index (χ4n) is 3.39. The maximum absolute atomic E-state index is 12.4. The van der Waals surface area contributed by atoms with Crippen LogP contribution < -0.4 is 5.32 Å². The summed E-state index contributed by atoms with van der Waals surface area (Å²) in [5.41, 5.74) is 2.08. The molecule has 0 spiro atoms. The standard InChI is InChI=1S/C17H20N2OS/c18-11-17(8-9-21-12-17)19-16(20)10-14-6-3-5-13-4-1-2-7-15(13)14/h1-2,4,7,14H,3,5-6,8-10,12H2,(H,19,20)/t14-,17-/m0/s1. The van der Waals surface area contributed by atoms with Crippen molar-refractivity contribution in [2.75, 3.05) is 11.5 Å². The van der Waals surface area contributed by atoms with Crippen LogP contribution in [0.2, 0.25) is 0 Å². The van der Waals surface area contributed by atoms with E-state index in [4.69, 9.17) is 0 Å². The molecule has 1 aromatic rings. The third-order valence-electron chi connectivity index (χ3n) is 4.54. The first kappa shape index (κ1) is 14.5. The van der Waals surface area contributed by atoms with Crippen LogP contribution in [0.1, 0.15) is 42.7 Å². The summed E-state index contributed by atoms with van der Waals surface area (Å²) in [4.78, 5) is 12.4. The molecule has 0 saturated carbocycles. The van der Waals surface area contributed by atoms with Gasteiger partial charge in [0.2, 0.25) is 5.91 Å². The van der Waals surface area contributed by atoms with Gasteiger partial charge in [-0.1, -0.05) is 24.3 Å². The van der Waals surface area contributed by atoms with Gasteiger partial charge in [0.1, 0.15) is 5.54 Å². The Balaban J connectivity index is 1.67. The van der Waals surface area contributed by atoms with Gasteiger partial charge in [-0.15, -0.1) is 0 Å². The lowest BCUT2D eigenvalue weighted by Gasteiger charge is -2.27. The van der Waals surface area contributed by atoms with Crippen LogP contribution in [-0.4, -0.2) is 23.0 Å². The monoisotopic (exact) mass is 300 g/mol. The van der Waals surface area contributed by atoms with Gasteiger partial charge >= 0.3 is 0 Å². The molecule has 1 saturated heterocycles. The van der Waals surface area contributed by atoms with Gasteiger partial charge in [0.05, 0.1) is 6.07 Å². The summed E-state index contributed by atoms with van der Waals surface area (Å²) >= 11 is 1.75. The molecule has 2 aliphatic rings. The molecule has 110 valence electrons. The second kappa shape index (κ2) is 6.11. The van der Waals surface area contributed by atoms with E-state index in [0.29, 0.717) is 12.3 Å². The molecule has 1 aromatic carbocycles. The van der Waals surface area contributed by atoms with Gasteiger partial charge in [-0.05, 0) is 48.5 Å². The largest absolute Gasteiger partial charge is 0.337 e. The Kier molecular flexibility index (Phi) is 4.21. The van der Waals surface area contributed by atoms with Crippen LogP contribution >= 0.6 is 11.8 Å². The number of carbonyl (C=O) groups excluding carboxylic acids is 1. The summed E-state index contributed by atoms with van der Waals surface area (Å²) in [5, 5.41) is 12.4. The molecule has 0 aromatic heterocycles. The minimum absolute atomic E-state index is 0.0285. The van der Waals surface area contributed by atoms with Gasteiger partial charge in [-0.25, -0.2) is 0 Å². The molecule has 0 radical (unpaired) electrons. The highest BCUT2D eigenvalue weighted by Gasteiger charge is 2.36. The van der Waals surface area contributed by atoms with Crippen LogP contribution in [0.3, 0.4) is 0 Å². The zero-order valence-electron chi connectivity index (χ0n) is 12.1. The molecule has 1 aliphatic carbocycles. The highest BCUT2D eigenvalue weighted by Crippen LogP contribution is 2.34. The number of benzene rings is 1. The maximum atomic E-state index is 12.4. The van der Waals surface area contributed by atoms with Crippen molar-refractivity contribution in [3.05, 3.63) is 35.4 Å². The minimum Gasteiger partial charge on any atom is -0.337 e. The van der Waals surface area contributed by atoms with E-state index in [1.807, 2.05) is 0 Å². The smallest absolute Gasteiger partial charge is 0.221 e. The van der Waals surface area contributed by atoms with Gasteiger partial charge in [0, 0.05) is 12.2 Å². The molecular formula is C17H20N2OS. The first-order valence-electron chi connectivity index (χ1n) is 7.60. The van der Waals surface area contributed by atoms with E-state index in [1.54, 1.807) is 11.8 Å². The van der Waals surface area contributed by atoms with E-state index in [2.05, 4.69) is 35.7 Å². The van der Waals surface area contributed by atoms with Crippen LogP contribution in [0.15, 0.2) is 24.3 Å². The number of hydrogen-bond acceptors (Lipinski definition) is 3. The number of hydrogen-bond donors (Lipinski definition) is 1. The van der Waals surface area contributed by atoms with Crippen molar-refractivity contribution in [3.8, 4) is 6.07 Å². The van der Waals surface area contributed by atoms with E-state index in [1.165, 1.54) is 11.1 Å². The number of thioether (sulfide) groups is 1. The summed E-state index contributed by atoms with van der Waals surface area (Å²) in [6, 6.07) is 10.8. The first-order valence-corrected chi connectivity index (χ1v) is 8.76. The van der Waals surface area contributed by atoms with Crippen molar-refractivity contribution in [2.45, 2.75) is 43.6 Å². The van der Waals surface area contributed by atoms with Crippen molar-refractivity contribution in [2.24, 2.45) is 0 Å². The molecule has 0 unspecified atom stereocenters. The summed E-state index contributed by atoms with van der Waals surface area (Å²) in [5.74, 6) is 2.01. The average Bonchev–Trinajstić information content (AvgIpc) is 2.96. The summed E-state index contributed by atoms with van der Waals surface area (Å²) < 4.78 is 0. The van der Waals surface area contributed by atoms with Gasteiger partial charge < -0.3 is 5.32 Å². The number of rotatable bonds is 3. The van der Waals surface area contributed by atoms with Crippen molar-refractivity contribution in [1.82, 2.24) is 5.32 Å². The van der Waals surface area contributed by atoms with Crippen molar-refractivity contribution >= 4 is 17.7 Å². The van der Waals surface area contributed by atoms with E-state index >= 15 is 0 Å². The molecule has 21 heavy (non-hydrogen) atoms. The summed E-state index contributed by atoms with van der Waals surface area (Å²) in [6.07, 6.45) is 4.60. The second-order valence-electron chi connectivity index (χ2n) is 6.04. The van der Waals surface area contributed by atoms with Crippen LogP contribution in [0.4, 0.5) is 0 Å². The molecule has 2 atom stereocenters. The molecule has 1 heterocycles. The zero-order chi connectivity index (χ0) is 14.7. The SMILES string of the molecule is N#C[C@@]1(NC(=O)C[C@@H]2CCCc3ccccc32)CCSC1. The quantitative estimate of drug-likeness (QED) is 0.933. The number of aryl methyl sites for hydroxylation is 1. The molecule has 3 nitrogen and oxygen atoms in total. The average molecular weight is 300 g/mol. The molecule has 1 amide bonds. The molecular weight excluding hydrogens is 280 g/mol. The van der Waals surface area contributed by atoms with Gasteiger partial charge in [-0.2, -0.15) is 17.0 Å². The fourth-order valence-corrected chi connectivity index (χ4v) is 4.65. The van der Waals surface area contributed by atoms with Gasteiger partial charge in [0.15, 0.2) is 0 Å². The Morgan fingerprint density at radius 1 is 1.48 bits per heavy atom. The van der Waals surface area contributed by atoms with Gasteiger partial charge in [0.25, 0.3) is 0 Å². The predicted molar refractivity (Wildman–Crippen MR) is 85.2 cm³/mol. The molecule has 3 rings (SSSR count). The third kappa shape index (κ3) is 3.08. The number of nitrogens with zero attached hydrogens (tertiary/aromatic N) is 1. The number of nitrogens with one attached hydrogen (secondary N) is 1. The lowest BCUT2D eigenvalue weighted by atomic mass is 9.81. The minimum atomic E-state index is -0.629. The number of nitriles is 1. The lowest BCUT2D eigenvalue weighted by molar-refractivity contribution is -0.122. The highest BCUT2D eigenvalue weighted by atomic mass is 32.2. The van der Waals surface area contributed by atoms with Crippen LogP contribution in [-0.2, 0) is 11.2 Å². The Morgan fingerprint density at radius 3 is 3.10 bits per heavy atom. The van der Waals surface area contributed by atoms with E-state index in [0.717, 1.165) is 37.2 Å². The maximum Gasteiger partial charge on any atom is 0.221 e. The third-order valence-corrected chi connectivity index (χ3v) is 5.73. The molecule has 0 bridgehead atoms. The lowest BCUT2D eigenvalue weighted by Crippen LogP contribution is -2.47. The molecule has 1 aliphatic heterocycles. The predicted octanol–water partition coefficient (Wildman–Crippen LogP) is 3.01. The number of carbonyl (C=O) groups is 1. The van der Waals surface area contributed by atoms with Crippen molar-refractivity contribution in [3.63, 3.8) is 0 Å². The van der Waals surface area contributed by atoms with Crippen molar-refractivity contribution < 1.29 is 4.79 Å². The van der Waals surface area contributed by atoms with Crippen LogP contribution in [0, 0.1) is 11.3 Å². The Labute approximate surface area is 130 Å². The molecule has 4 heteroatoms. The van der Waals surface area contributed by atoms with E-state index in [9.17, 15) is 10.1 Å². The zero-order valence-corrected chi connectivity index (χ0v) is 12.9. The fraction of sp³-hybridized carbons (Fsp3) is 0.529. The Hall–Kier alpha value is -1.47. The second-order valence-corrected chi connectivity index (χ2v) is 7.14. The topological polar surface area (TPSA) is 52.9 Å². The van der Waals surface area contributed by atoms with E-state index in [-0.39, 0.29) is 5.91 Å². The number of fused-ring (bicyclic) bond motifs is 1. The van der Waals surface area contributed by atoms with Crippen LogP contribution in [0.25, 0.3) is 0 Å². The number of amides is 1. The summed E-state index contributed by atoms with van der Waals surface area (Å²) in [7, 11) is 0. The van der Waals surface area contributed by atoms with Crippen molar-refractivity contribution in [1.29, 1.82) is 5.26 Å². The Morgan fingerprint density at radius 2 is 2.33 bits per heavy atom. The van der Waals surface area contributed by atoms with Crippen LogP contribution in [0.5, 0.6) is 0 Å². The normalized spacial score (nSPS) is 27.7. The molecule has 1 N–H and O–H groups in total. The Bertz CT molecular complexity index is 572. The highest BCUT2D eigenvalue weighted by molar-refractivity contribution is 7.99. The summed E-state index contributed by atoms with van der Waals surface area (Å²) in [6.45, 7) is 0. The van der Waals surface area contributed by atoms with Gasteiger partial charge in [-0.3, -0.25) is 4.79 Å². The first-order chi connectivity index (χ1) is 10.2. The molecule has 1 fully saturated rings. The van der Waals surface area contributed by atoms with E-state index < -0.39 is 5.54 Å².